The fourth-order valence-corrected chi connectivity index (χ4v) is 10.8. The van der Waals surface area contributed by atoms with Crippen molar-refractivity contribution in [3.05, 3.63) is 91.0 Å². The van der Waals surface area contributed by atoms with E-state index in [9.17, 15) is 14.4 Å². The second-order valence-corrected chi connectivity index (χ2v) is 15.3. The van der Waals surface area contributed by atoms with E-state index in [1.165, 1.54) is 37.5 Å². The van der Waals surface area contributed by atoms with Gasteiger partial charge in [0.25, 0.3) is 0 Å². The Morgan fingerprint density at radius 3 is 1.76 bits per heavy atom. The van der Waals surface area contributed by atoms with Gasteiger partial charge in [0, 0.05) is 12.3 Å². The SMILES string of the molecule is NC(CSSCC(=O)NCCCCC[P+](c1ccccc1)(c1ccccc1)c1ccccc1)C(=O)NCC(=O)O.[Br-]. The summed E-state index contributed by atoms with van der Waals surface area (Å²) >= 11 is 0. The number of halogens is 1. The summed E-state index contributed by atoms with van der Waals surface area (Å²) in [7, 11) is 0.826. The fourth-order valence-electron chi connectivity index (χ4n) is 4.40. The van der Waals surface area contributed by atoms with Crippen LogP contribution < -0.4 is 49.3 Å². The molecule has 1 atom stereocenters. The molecule has 0 heterocycles. The highest BCUT2D eigenvalue weighted by atomic mass is 79.9. The maximum Gasteiger partial charge on any atom is 0.322 e. The van der Waals surface area contributed by atoms with Crippen molar-refractivity contribution in [3.8, 4) is 0 Å². The van der Waals surface area contributed by atoms with Gasteiger partial charge in [-0.3, -0.25) is 14.4 Å². The monoisotopic (exact) mass is 677 g/mol. The molecule has 0 aromatic heterocycles. The molecule has 11 heteroatoms. The Morgan fingerprint density at radius 2 is 1.27 bits per heavy atom. The highest BCUT2D eigenvalue weighted by molar-refractivity contribution is 8.76. The van der Waals surface area contributed by atoms with Crippen LogP contribution in [0.4, 0.5) is 0 Å². The molecule has 0 spiro atoms. The van der Waals surface area contributed by atoms with Crippen molar-refractivity contribution < 1.29 is 36.5 Å². The topological polar surface area (TPSA) is 122 Å². The van der Waals surface area contributed by atoms with Gasteiger partial charge in [0.2, 0.25) is 11.8 Å². The number of hydrogen-bond acceptors (Lipinski definition) is 6. The van der Waals surface area contributed by atoms with Gasteiger partial charge in [0.05, 0.1) is 18.0 Å². The minimum atomic E-state index is -1.83. The molecule has 3 rings (SSSR count). The molecule has 0 aliphatic carbocycles. The molecule has 0 saturated heterocycles. The lowest BCUT2D eigenvalue weighted by molar-refractivity contribution is -0.138. The molecule has 5 N–H and O–H groups in total. The van der Waals surface area contributed by atoms with Crippen molar-refractivity contribution in [1.82, 2.24) is 10.6 Å². The predicted molar refractivity (Wildman–Crippen MR) is 170 cm³/mol. The number of carboxylic acids is 1. The largest absolute Gasteiger partial charge is 1.00 e. The summed E-state index contributed by atoms with van der Waals surface area (Å²) in [6.45, 7) is 0.162. The zero-order chi connectivity index (χ0) is 28.6. The van der Waals surface area contributed by atoms with Gasteiger partial charge in [-0.15, -0.1) is 0 Å². The first-order valence-electron chi connectivity index (χ1n) is 13.2. The normalized spacial score (nSPS) is 11.6. The average molecular weight is 679 g/mol. The Labute approximate surface area is 261 Å². The van der Waals surface area contributed by atoms with Crippen LogP contribution in [-0.4, -0.2) is 59.7 Å². The molecule has 7 nitrogen and oxygen atoms in total. The first-order valence-corrected chi connectivity index (χ1v) is 17.7. The summed E-state index contributed by atoms with van der Waals surface area (Å²) < 4.78 is 0. The number of nitrogens with two attached hydrogens (primary N) is 1. The molecule has 0 bridgehead atoms. The van der Waals surface area contributed by atoms with E-state index in [-0.39, 0.29) is 28.6 Å². The maximum atomic E-state index is 12.2. The van der Waals surface area contributed by atoms with E-state index in [0.29, 0.717) is 12.3 Å². The van der Waals surface area contributed by atoms with Crippen molar-refractivity contribution >= 4 is 62.5 Å². The van der Waals surface area contributed by atoms with Crippen molar-refractivity contribution in [1.29, 1.82) is 0 Å². The number of carboxylic acid groups (broad SMARTS) is 1. The third-order valence-electron chi connectivity index (χ3n) is 6.35. The molecule has 0 aliphatic heterocycles. The van der Waals surface area contributed by atoms with Crippen LogP contribution in [0.25, 0.3) is 0 Å². The Hall–Kier alpha value is -2.36. The van der Waals surface area contributed by atoms with E-state index >= 15 is 0 Å². The van der Waals surface area contributed by atoms with E-state index < -0.39 is 31.7 Å². The van der Waals surface area contributed by atoms with E-state index in [1.807, 2.05) is 0 Å². The minimum Gasteiger partial charge on any atom is -1.00 e. The third-order valence-corrected chi connectivity index (χ3v) is 13.2. The van der Waals surface area contributed by atoms with Crippen LogP contribution in [0.5, 0.6) is 0 Å². The van der Waals surface area contributed by atoms with Gasteiger partial charge < -0.3 is 38.5 Å². The second kappa shape index (κ2) is 18.9. The number of carbonyl (C=O) groups excluding carboxylic acids is 2. The summed E-state index contributed by atoms with van der Waals surface area (Å²) in [5.74, 6) is -1.14. The average Bonchev–Trinajstić information content (AvgIpc) is 2.99. The number of aliphatic carboxylic acids is 1. The van der Waals surface area contributed by atoms with Crippen LogP contribution in [0.2, 0.25) is 0 Å². The lowest BCUT2D eigenvalue weighted by Crippen LogP contribution is -3.00. The van der Waals surface area contributed by atoms with Gasteiger partial charge in [-0.25, -0.2) is 0 Å². The second-order valence-electron chi connectivity index (χ2n) is 9.22. The van der Waals surface area contributed by atoms with E-state index in [4.69, 9.17) is 10.8 Å². The highest BCUT2D eigenvalue weighted by Gasteiger charge is 2.44. The molecule has 1 unspecified atom stereocenters. The molecule has 3 aromatic carbocycles. The first-order chi connectivity index (χ1) is 19.4. The van der Waals surface area contributed by atoms with Crippen LogP contribution >= 0.6 is 28.9 Å². The van der Waals surface area contributed by atoms with Crippen molar-refractivity contribution in [2.24, 2.45) is 5.73 Å². The molecule has 3 aromatic rings. The maximum absolute atomic E-state index is 12.2. The van der Waals surface area contributed by atoms with Gasteiger partial charge in [0.15, 0.2) is 0 Å². The van der Waals surface area contributed by atoms with E-state index in [0.717, 1.165) is 25.4 Å². The minimum absolute atomic E-state index is 0. The van der Waals surface area contributed by atoms with Crippen LogP contribution in [0, 0.1) is 0 Å². The Kier molecular flexibility index (Phi) is 16.1. The molecule has 2 amide bonds. The van der Waals surface area contributed by atoms with E-state index in [2.05, 4.69) is 102 Å². The molecule has 0 radical (unpaired) electrons. The molecular formula is C30H37BrN3O4PS2. The number of rotatable bonds is 17. The summed E-state index contributed by atoms with van der Waals surface area (Å²) in [4.78, 5) is 34.5. The fraction of sp³-hybridized carbons (Fsp3) is 0.300. The van der Waals surface area contributed by atoms with E-state index in [1.54, 1.807) is 0 Å². The Bertz CT molecular complexity index is 1110. The predicted octanol–water partition coefficient (Wildman–Crippen LogP) is 0.181. The molecule has 220 valence electrons. The standard InChI is InChI=1S/C30H36N3O4PS2.BrH/c31-27(30(37)33-21-29(35)36)22-39-40-23-28(34)32-19-11-4-12-20-38(24-13-5-1-6-14-24,25-15-7-2-8-16-25)26-17-9-3-10-18-26;/h1-3,5-10,13-18,27H,4,11-12,19-23,31H2,(H2-,32,33,34,35,36,37);1H. The Balaban J connectivity index is 0.00000588. The quantitative estimate of drug-likeness (QED) is 0.0914. The molecule has 0 fully saturated rings. The molecule has 0 aliphatic rings. The molecule has 0 saturated carbocycles. The number of unbranched alkanes of at least 4 members (excludes halogenated alkanes) is 2. The number of benzene rings is 3. The van der Waals surface area contributed by atoms with Gasteiger partial charge in [-0.05, 0) is 55.7 Å². The molecule has 41 heavy (non-hydrogen) atoms. The third kappa shape index (κ3) is 11.1. The van der Waals surface area contributed by atoms with Crippen molar-refractivity contribution in [2.45, 2.75) is 25.3 Å². The lowest BCUT2D eigenvalue weighted by Gasteiger charge is -2.27. The highest BCUT2D eigenvalue weighted by Crippen LogP contribution is 2.55. The number of nitrogens with one attached hydrogen (secondary N) is 2. The summed E-state index contributed by atoms with van der Waals surface area (Å²) in [6, 6.07) is 31.7. The van der Waals surface area contributed by atoms with Crippen LogP contribution in [-0.2, 0) is 14.4 Å². The van der Waals surface area contributed by atoms with Gasteiger partial charge in [-0.1, -0.05) is 76.2 Å². The number of carbonyl (C=O) groups is 3. The van der Waals surface area contributed by atoms with Crippen LogP contribution in [0.3, 0.4) is 0 Å². The summed E-state index contributed by atoms with van der Waals surface area (Å²) in [6.07, 6.45) is 4.02. The number of amides is 2. The zero-order valence-electron chi connectivity index (χ0n) is 22.8. The lowest BCUT2D eigenvalue weighted by atomic mass is 10.2. The van der Waals surface area contributed by atoms with Crippen molar-refractivity contribution in [2.75, 3.05) is 30.8 Å². The zero-order valence-corrected chi connectivity index (χ0v) is 26.9. The first kappa shape index (κ1) is 34.8. The van der Waals surface area contributed by atoms with Crippen LogP contribution in [0.15, 0.2) is 91.0 Å². The summed E-state index contributed by atoms with van der Waals surface area (Å²) in [5.41, 5.74) is 5.75. The molecular weight excluding hydrogens is 641 g/mol. The van der Waals surface area contributed by atoms with Gasteiger partial charge in [-0.2, -0.15) is 0 Å². The smallest absolute Gasteiger partial charge is 0.322 e. The van der Waals surface area contributed by atoms with Crippen LogP contribution in [0.1, 0.15) is 19.3 Å². The van der Waals surface area contributed by atoms with Gasteiger partial charge in [0.1, 0.15) is 29.7 Å². The number of hydrogen-bond donors (Lipinski definition) is 4. The van der Waals surface area contributed by atoms with Crippen molar-refractivity contribution in [3.63, 3.8) is 0 Å². The summed E-state index contributed by atoms with van der Waals surface area (Å²) in [5, 5.41) is 18.0. The van der Waals surface area contributed by atoms with Gasteiger partial charge >= 0.3 is 5.97 Å². The Morgan fingerprint density at radius 1 is 0.756 bits per heavy atom.